The first-order valence-electron chi connectivity index (χ1n) is 6.09. The molecule has 0 aliphatic carbocycles. The van der Waals surface area contributed by atoms with E-state index >= 15 is 0 Å². The van der Waals surface area contributed by atoms with Crippen LogP contribution in [-0.4, -0.2) is 35.9 Å². The molecule has 0 amide bonds. The second-order valence-electron chi connectivity index (χ2n) is 4.24. The third-order valence-electron chi connectivity index (χ3n) is 3.16. The molecule has 0 atom stereocenters. The van der Waals surface area contributed by atoms with Crippen LogP contribution in [0, 0.1) is 0 Å². The summed E-state index contributed by atoms with van der Waals surface area (Å²) in [4.78, 5) is 4.23. The van der Waals surface area contributed by atoms with Crippen LogP contribution in [-0.2, 0) is 0 Å². The normalized spacial score (nSPS) is 10.8. The van der Waals surface area contributed by atoms with Crippen molar-refractivity contribution in [3.05, 3.63) is 30.6 Å². The molecule has 0 unspecified atom stereocenters. The van der Waals surface area contributed by atoms with Crippen LogP contribution in [0.25, 0.3) is 16.9 Å². The molecule has 0 aliphatic rings. The van der Waals surface area contributed by atoms with E-state index in [1.165, 1.54) is 0 Å². The number of aromatic amines is 1. The number of methoxy groups -OCH3 is 3. The number of benzene rings is 1. The van der Waals surface area contributed by atoms with Crippen LogP contribution in [0.1, 0.15) is 0 Å². The first-order chi connectivity index (χ1) is 9.76. The first kappa shape index (κ1) is 12.4. The number of fused-ring (bicyclic) bond motifs is 1. The maximum Gasteiger partial charge on any atom is 0.203 e. The van der Waals surface area contributed by atoms with E-state index in [1.54, 1.807) is 27.5 Å². The van der Waals surface area contributed by atoms with Crippen molar-refractivity contribution in [2.45, 2.75) is 0 Å². The zero-order valence-electron chi connectivity index (χ0n) is 11.5. The van der Waals surface area contributed by atoms with Gasteiger partial charge in [-0.05, 0) is 12.1 Å². The molecule has 6 nitrogen and oxygen atoms in total. The lowest BCUT2D eigenvalue weighted by Crippen LogP contribution is -1.96. The molecular formula is C14H15N3O3. The molecule has 0 saturated carbocycles. The van der Waals surface area contributed by atoms with Crippen LogP contribution in [0.15, 0.2) is 30.6 Å². The Kier molecular flexibility index (Phi) is 2.98. The Balaban J connectivity index is 2.15. The molecule has 2 heterocycles. The van der Waals surface area contributed by atoms with Crippen molar-refractivity contribution in [2.75, 3.05) is 21.3 Å². The number of hydrogen-bond donors (Lipinski definition) is 1. The molecule has 0 fully saturated rings. The molecule has 6 heteroatoms. The molecular weight excluding hydrogens is 258 g/mol. The summed E-state index contributed by atoms with van der Waals surface area (Å²) in [7, 11) is 4.79. The van der Waals surface area contributed by atoms with Gasteiger partial charge in [0.1, 0.15) is 0 Å². The number of hydrogen-bond acceptors (Lipinski definition) is 4. The highest BCUT2D eigenvalue weighted by Crippen LogP contribution is 2.40. The Morgan fingerprint density at radius 3 is 2.25 bits per heavy atom. The smallest absolute Gasteiger partial charge is 0.203 e. The average molecular weight is 273 g/mol. The maximum absolute atomic E-state index is 5.36. The van der Waals surface area contributed by atoms with E-state index in [-0.39, 0.29) is 0 Å². The molecule has 1 N–H and O–H groups in total. The fourth-order valence-corrected chi connectivity index (χ4v) is 2.19. The summed E-state index contributed by atoms with van der Waals surface area (Å²) in [5.41, 5.74) is 2.71. The third-order valence-corrected chi connectivity index (χ3v) is 3.16. The molecule has 2 aromatic heterocycles. The van der Waals surface area contributed by atoms with Crippen LogP contribution in [0.3, 0.4) is 0 Å². The highest BCUT2D eigenvalue weighted by molar-refractivity contribution is 5.71. The van der Waals surface area contributed by atoms with Gasteiger partial charge in [-0.3, -0.25) is 5.10 Å². The van der Waals surface area contributed by atoms with Gasteiger partial charge in [-0.1, -0.05) is 0 Å². The summed E-state index contributed by atoms with van der Waals surface area (Å²) in [5.74, 6) is 1.82. The van der Waals surface area contributed by atoms with Gasteiger partial charge in [-0.25, -0.2) is 9.50 Å². The molecule has 0 aliphatic heterocycles. The summed E-state index contributed by atoms with van der Waals surface area (Å²) in [5, 5.41) is 3.23. The minimum Gasteiger partial charge on any atom is -0.493 e. The van der Waals surface area contributed by atoms with Crippen LogP contribution in [0.2, 0.25) is 0 Å². The second kappa shape index (κ2) is 4.80. The number of ether oxygens (including phenoxy) is 3. The second-order valence-corrected chi connectivity index (χ2v) is 4.24. The van der Waals surface area contributed by atoms with Gasteiger partial charge in [0.05, 0.1) is 27.0 Å². The van der Waals surface area contributed by atoms with Gasteiger partial charge in [0.15, 0.2) is 17.1 Å². The third kappa shape index (κ3) is 1.85. The van der Waals surface area contributed by atoms with E-state index in [2.05, 4.69) is 10.1 Å². The van der Waals surface area contributed by atoms with Gasteiger partial charge in [0.2, 0.25) is 5.75 Å². The molecule has 0 radical (unpaired) electrons. The predicted octanol–water partition coefficient (Wildman–Crippen LogP) is 2.36. The minimum absolute atomic E-state index is 0.579. The highest BCUT2D eigenvalue weighted by atomic mass is 16.5. The minimum atomic E-state index is 0.579. The predicted molar refractivity (Wildman–Crippen MR) is 74.6 cm³/mol. The van der Waals surface area contributed by atoms with Crippen molar-refractivity contribution < 1.29 is 14.2 Å². The average Bonchev–Trinajstić information content (AvgIpc) is 3.06. The van der Waals surface area contributed by atoms with E-state index in [4.69, 9.17) is 14.2 Å². The summed E-state index contributed by atoms with van der Waals surface area (Å²) < 4.78 is 17.9. The van der Waals surface area contributed by atoms with Crippen molar-refractivity contribution in [1.29, 1.82) is 0 Å². The van der Waals surface area contributed by atoms with Gasteiger partial charge in [0.25, 0.3) is 0 Å². The van der Waals surface area contributed by atoms with Gasteiger partial charge in [-0.15, -0.1) is 0 Å². The van der Waals surface area contributed by atoms with Crippen molar-refractivity contribution in [3.8, 4) is 28.5 Å². The van der Waals surface area contributed by atoms with Crippen LogP contribution < -0.4 is 14.2 Å². The largest absolute Gasteiger partial charge is 0.493 e. The Hall–Kier alpha value is -2.63. The van der Waals surface area contributed by atoms with E-state index in [0.717, 1.165) is 16.9 Å². The summed E-state index contributed by atoms with van der Waals surface area (Å²) in [6.45, 7) is 0. The quantitative estimate of drug-likeness (QED) is 0.792. The van der Waals surface area contributed by atoms with Gasteiger partial charge in [-0.2, -0.15) is 0 Å². The topological polar surface area (TPSA) is 60.8 Å². The molecule has 3 rings (SSSR count). The number of H-pyrrole nitrogens is 1. The zero-order chi connectivity index (χ0) is 14.1. The van der Waals surface area contributed by atoms with Gasteiger partial charge < -0.3 is 14.2 Å². The lowest BCUT2D eigenvalue weighted by Gasteiger charge is -2.13. The molecule has 3 aromatic rings. The number of aromatic nitrogens is 3. The van der Waals surface area contributed by atoms with E-state index in [0.29, 0.717) is 17.2 Å². The summed E-state index contributed by atoms with van der Waals surface area (Å²) >= 11 is 0. The zero-order valence-corrected chi connectivity index (χ0v) is 11.5. The van der Waals surface area contributed by atoms with Crippen molar-refractivity contribution in [1.82, 2.24) is 14.6 Å². The first-order valence-corrected chi connectivity index (χ1v) is 6.09. The van der Waals surface area contributed by atoms with Crippen molar-refractivity contribution in [2.24, 2.45) is 0 Å². The monoisotopic (exact) mass is 273 g/mol. The van der Waals surface area contributed by atoms with Gasteiger partial charge >= 0.3 is 0 Å². The van der Waals surface area contributed by atoms with Crippen molar-refractivity contribution in [3.63, 3.8) is 0 Å². The van der Waals surface area contributed by atoms with E-state index in [9.17, 15) is 0 Å². The molecule has 20 heavy (non-hydrogen) atoms. The number of nitrogens with zero attached hydrogens (tertiary/aromatic N) is 2. The summed E-state index contributed by atoms with van der Waals surface area (Å²) in [6, 6.07) is 5.75. The maximum atomic E-state index is 5.36. The molecule has 1 aromatic carbocycles. The summed E-state index contributed by atoms with van der Waals surface area (Å²) in [6.07, 6.45) is 3.60. The van der Waals surface area contributed by atoms with Crippen molar-refractivity contribution >= 4 is 5.65 Å². The van der Waals surface area contributed by atoms with E-state index < -0.39 is 0 Å². The Bertz CT molecular complexity index is 692. The lowest BCUT2D eigenvalue weighted by atomic mass is 10.1. The number of imidazole rings is 1. The number of nitrogens with one attached hydrogen (secondary N) is 1. The van der Waals surface area contributed by atoms with Crippen LogP contribution >= 0.6 is 0 Å². The standard InChI is InChI=1S/C14H15N3O3/c1-18-11-6-9(7-12(19-2)14(11)20-3)10-8-13-15-4-5-17(13)16-10/h4-8,16H,1-3H3. The molecule has 104 valence electrons. The molecule has 0 saturated heterocycles. The Morgan fingerprint density at radius 1 is 1.00 bits per heavy atom. The Labute approximate surface area is 115 Å². The SMILES string of the molecule is COc1cc(-c2cc3nccn3[nH]2)cc(OC)c1OC. The fraction of sp³-hybridized carbons (Fsp3) is 0.214. The van der Waals surface area contributed by atoms with Gasteiger partial charge in [0, 0.05) is 24.0 Å². The Morgan fingerprint density at radius 2 is 1.70 bits per heavy atom. The molecule has 0 bridgehead atoms. The highest BCUT2D eigenvalue weighted by Gasteiger charge is 2.15. The van der Waals surface area contributed by atoms with E-state index in [1.807, 2.05) is 28.9 Å². The van der Waals surface area contributed by atoms with Crippen LogP contribution in [0.4, 0.5) is 0 Å². The fourth-order valence-electron chi connectivity index (χ4n) is 2.19. The lowest BCUT2D eigenvalue weighted by molar-refractivity contribution is 0.324. The molecule has 0 spiro atoms. The number of rotatable bonds is 4. The van der Waals surface area contributed by atoms with Crippen LogP contribution in [0.5, 0.6) is 17.2 Å².